The van der Waals surface area contributed by atoms with Crippen LogP contribution in [0.1, 0.15) is 58.3 Å². The van der Waals surface area contributed by atoms with Crippen LogP contribution in [0.15, 0.2) is 0 Å². The van der Waals surface area contributed by atoms with Crippen molar-refractivity contribution in [1.29, 1.82) is 0 Å². The van der Waals surface area contributed by atoms with Crippen molar-refractivity contribution in [2.24, 2.45) is 11.8 Å². The van der Waals surface area contributed by atoms with E-state index < -0.39 is 0 Å². The molecule has 0 radical (unpaired) electrons. The Bertz CT molecular complexity index is 207. The highest BCUT2D eigenvalue weighted by atomic mass is 16.3. The number of nitrogens with one attached hydrogen (secondary N) is 1. The molecule has 0 heterocycles. The van der Waals surface area contributed by atoms with Gasteiger partial charge in [0.15, 0.2) is 0 Å². The molecule has 0 aliphatic heterocycles. The van der Waals surface area contributed by atoms with Gasteiger partial charge in [-0.3, -0.25) is 0 Å². The largest absolute Gasteiger partial charge is 0.392 e. The van der Waals surface area contributed by atoms with Crippen LogP contribution in [-0.2, 0) is 0 Å². The van der Waals surface area contributed by atoms with Crippen molar-refractivity contribution in [2.75, 3.05) is 6.54 Å². The molecule has 0 bridgehead atoms. The first-order valence-corrected chi connectivity index (χ1v) is 7.21. The van der Waals surface area contributed by atoms with Gasteiger partial charge in [-0.1, -0.05) is 26.2 Å². The van der Waals surface area contributed by atoms with Gasteiger partial charge >= 0.3 is 0 Å². The smallest absolute Gasteiger partial charge is 0.0693 e. The van der Waals surface area contributed by atoms with Gasteiger partial charge in [0.25, 0.3) is 0 Å². The highest BCUT2D eigenvalue weighted by Gasteiger charge is 2.26. The van der Waals surface area contributed by atoms with Gasteiger partial charge in [0.1, 0.15) is 0 Å². The maximum Gasteiger partial charge on any atom is 0.0693 e. The molecule has 2 rings (SSSR count). The summed E-state index contributed by atoms with van der Waals surface area (Å²) in [7, 11) is 0. The molecular weight excluding hydrogens is 198 g/mol. The summed E-state index contributed by atoms with van der Waals surface area (Å²) in [6.45, 7) is 3.46. The molecule has 2 heteroatoms. The maximum absolute atomic E-state index is 9.75. The average molecular weight is 225 g/mol. The van der Waals surface area contributed by atoms with Crippen LogP contribution >= 0.6 is 0 Å². The predicted molar refractivity (Wildman–Crippen MR) is 67.4 cm³/mol. The highest BCUT2D eigenvalue weighted by molar-refractivity contribution is 4.84. The SMILES string of the molecule is CCC1CCCC(CNC2CCCC2O)C1. The molecule has 4 unspecified atom stereocenters. The topological polar surface area (TPSA) is 32.3 Å². The van der Waals surface area contributed by atoms with E-state index in [-0.39, 0.29) is 6.10 Å². The second-order valence-corrected chi connectivity index (χ2v) is 5.82. The Hall–Kier alpha value is -0.0800. The first-order valence-electron chi connectivity index (χ1n) is 7.21. The third kappa shape index (κ3) is 3.21. The van der Waals surface area contributed by atoms with Crippen molar-refractivity contribution in [1.82, 2.24) is 5.32 Å². The summed E-state index contributed by atoms with van der Waals surface area (Å²) in [5.41, 5.74) is 0. The molecule has 16 heavy (non-hydrogen) atoms. The van der Waals surface area contributed by atoms with Gasteiger partial charge < -0.3 is 10.4 Å². The van der Waals surface area contributed by atoms with Gasteiger partial charge in [0.05, 0.1) is 6.10 Å². The van der Waals surface area contributed by atoms with Crippen LogP contribution in [0.5, 0.6) is 0 Å². The minimum absolute atomic E-state index is 0.0782. The third-order valence-electron chi connectivity index (χ3n) is 4.62. The molecule has 94 valence electrons. The molecule has 2 saturated carbocycles. The van der Waals surface area contributed by atoms with Crippen LogP contribution in [-0.4, -0.2) is 23.8 Å². The van der Waals surface area contributed by atoms with Crippen LogP contribution in [0, 0.1) is 11.8 Å². The van der Waals surface area contributed by atoms with E-state index in [1.165, 1.54) is 44.9 Å². The maximum atomic E-state index is 9.75. The van der Waals surface area contributed by atoms with E-state index in [1.54, 1.807) is 0 Å². The summed E-state index contributed by atoms with van der Waals surface area (Å²) in [4.78, 5) is 0. The van der Waals surface area contributed by atoms with Gasteiger partial charge in [0.2, 0.25) is 0 Å². The Kier molecular flexibility index (Phi) is 4.66. The zero-order valence-corrected chi connectivity index (χ0v) is 10.6. The molecule has 0 amide bonds. The quantitative estimate of drug-likeness (QED) is 0.771. The van der Waals surface area contributed by atoms with E-state index in [4.69, 9.17) is 0 Å². The standard InChI is InChI=1S/C14H27NO/c1-2-11-5-3-6-12(9-11)10-15-13-7-4-8-14(13)16/h11-16H,2-10H2,1H3. The van der Waals surface area contributed by atoms with Crippen LogP contribution in [0.4, 0.5) is 0 Å². The van der Waals surface area contributed by atoms with Crippen molar-refractivity contribution < 1.29 is 5.11 Å². The van der Waals surface area contributed by atoms with Crippen LogP contribution in [0.25, 0.3) is 0 Å². The van der Waals surface area contributed by atoms with Gasteiger partial charge in [-0.25, -0.2) is 0 Å². The lowest BCUT2D eigenvalue weighted by Crippen LogP contribution is -2.39. The fourth-order valence-corrected chi connectivity index (χ4v) is 3.46. The number of hydrogen-bond acceptors (Lipinski definition) is 2. The van der Waals surface area contributed by atoms with Crippen molar-refractivity contribution in [2.45, 2.75) is 70.4 Å². The zero-order valence-electron chi connectivity index (χ0n) is 10.6. The van der Waals surface area contributed by atoms with Crippen molar-refractivity contribution in [3.63, 3.8) is 0 Å². The Morgan fingerprint density at radius 2 is 1.81 bits per heavy atom. The molecule has 0 aromatic carbocycles. The monoisotopic (exact) mass is 225 g/mol. The van der Waals surface area contributed by atoms with E-state index in [1.807, 2.05) is 0 Å². The molecule has 2 aliphatic rings. The lowest BCUT2D eigenvalue weighted by Gasteiger charge is -2.30. The minimum Gasteiger partial charge on any atom is -0.392 e. The molecule has 0 saturated heterocycles. The van der Waals surface area contributed by atoms with Crippen LogP contribution in [0.2, 0.25) is 0 Å². The minimum atomic E-state index is -0.0782. The molecule has 2 aliphatic carbocycles. The summed E-state index contributed by atoms with van der Waals surface area (Å²) in [6, 6.07) is 0.391. The van der Waals surface area contributed by atoms with E-state index >= 15 is 0 Å². The second kappa shape index (κ2) is 6.02. The lowest BCUT2D eigenvalue weighted by atomic mass is 9.80. The summed E-state index contributed by atoms with van der Waals surface area (Å²) in [6.07, 6.45) is 10.3. The number of hydrogen-bond donors (Lipinski definition) is 2. The average Bonchev–Trinajstić information content (AvgIpc) is 2.72. The molecule has 2 N–H and O–H groups in total. The molecule has 4 atom stereocenters. The normalized spacial score (nSPS) is 40.1. The number of aliphatic hydroxyl groups excluding tert-OH is 1. The van der Waals surface area contributed by atoms with Gasteiger partial charge in [-0.2, -0.15) is 0 Å². The number of rotatable bonds is 4. The fourth-order valence-electron chi connectivity index (χ4n) is 3.46. The highest BCUT2D eigenvalue weighted by Crippen LogP contribution is 2.31. The molecule has 0 aromatic rings. The lowest BCUT2D eigenvalue weighted by molar-refractivity contribution is 0.142. The van der Waals surface area contributed by atoms with Crippen molar-refractivity contribution in [3.05, 3.63) is 0 Å². The summed E-state index contributed by atoms with van der Waals surface area (Å²) in [5, 5.41) is 13.3. The van der Waals surface area contributed by atoms with Gasteiger partial charge in [-0.15, -0.1) is 0 Å². The van der Waals surface area contributed by atoms with Crippen molar-refractivity contribution in [3.8, 4) is 0 Å². The van der Waals surface area contributed by atoms with E-state index in [0.717, 1.165) is 24.8 Å². The molecule has 2 fully saturated rings. The Balaban J connectivity index is 1.68. The summed E-state index contributed by atoms with van der Waals surface area (Å²) in [5.74, 6) is 1.83. The first-order chi connectivity index (χ1) is 7.79. The molecule has 0 aromatic heterocycles. The predicted octanol–water partition coefficient (Wildman–Crippen LogP) is 2.71. The zero-order chi connectivity index (χ0) is 11.4. The second-order valence-electron chi connectivity index (χ2n) is 5.82. The Morgan fingerprint density at radius 1 is 1.06 bits per heavy atom. The third-order valence-corrected chi connectivity index (χ3v) is 4.62. The summed E-state index contributed by atoms with van der Waals surface area (Å²) >= 11 is 0. The molecule has 0 spiro atoms. The van der Waals surface area contributed by atoms with E-state index in [2.05, 4.69) is 12.2 Å². The molecular formula is C14H27NO. The van der Waals surface area contributed by atoms with Crippen LogP contribution < -0.4 is 5.32 Å². The fraction of sp³-hybridized carbons (Fsp3) is 1.00. The molecule has 2 nitrogen and oxygen atoms in total. The van der Waals surface area contributed by atoms with Crippen LogP contribution in [0.3, 0.4) is 0 Å². The first kappa shape index (κ1) is 12.4. The Morgan fingerprint density at radius 3 is 2.50 bits per heavy atom. The number of aliphatic hydroxyl groups is 1. The van der Waals surface area contributed by atoms with E-state index in [9.17, 15) is 5.11 Å². The van der Waals surface area contributed by atoms with Gasteiger partial charge in [-0.05, 0) is 50.5 Å². The van der Waals surface area contributed by atoms with E-state index in [0.29, 0.717) is 6.04 Å². The Labute approximate surface area is 99.8 Å². The van der Waals surface area contributed by atoms with Crippen molar-refractivity contribution >= 4 is 0 Å². The van der Waals surface area contributed by atoms with Gasteiger partial charge in [0, 0.05) is 6.04 Å². The summed E-state index contributed by atoms with van der Waals surface area (Å²) < 4.78 is 0.